The Hall–Kier alpha value is -0.560. The van der Waals surface area contributed by atoms with Gasteiger partial charge in [0.05, 0.1) is 6.10 Å². The summed E-state index contributed by atoms with van der Waals surface area (Å²) in [6, 6.07) is 0. The van der Waals surface area contributed by atoms with Gasteiger partial charge in [0.1, 0.15) is 0 Å². The highest BCUT2D eigenvalue weighted by Gasteiger charge is 2.13. The van der Waals surface area contributed by atoms with Crippen LogP contribution in [0.1, 0.15) is 52.9 Å². The van der Waals surface area contributed by atoms with Crippen LogP contribution in [0.15, 0.2) is 24.3 Å². The van der Waals surface area contributed by atoms with Gasteiger partial charge in [-0.1, -0.05) is 58.8 Å². The molecule has 0 radical (unpaired) electrons. The van der Waals surface area contributed by atoms with Crippen LogP contribution in [0.3, 0.4) is 0 Å². The van der Waals surface area contributed by atoms with E-state index in [-0.39, 0.29) is 6.10 Å². The summed E-state index contributed by atoms with van der Waals surface area (Å²) >= 11 is 0. The predicted molar refractivity (Wildman–Crippen MR) is 67.9 cm³/mol. The average Bonchev–Trinajstić information content (AvgIpc) is 2.21. The quantitative estimate of drug-likeness (QED) is 0.472. The van der Waals surface area contributed by atoms with Crippen molar-refractivity contribution in [2.24, 2.45) is 5.92 Å². The Morgan fingerprint density at radius 2 is 1.93 bits per heavy atom. The fourth-order valence-electron chi connectivity index (χ4n) is 1.67. The van der Waals surface area contributed by atoms with Gasteiger partial charge in [-0.3, -0.25) is 0 Å². The highest BCUT2D eigenvalue weighted by Crippen LogP contribution is 2.19. The fourth-order valence-corrected chi connectivity index (χ4v) is 1.67. The third kappa shape index (κ3) is 6.51. The highest BCUT2D eigenvalue weighted by molar-refractivity contribution is 5.15. The summed E-state index contributed by atoms with van der Waals surface area (Å²) in [6.45, 7) is 10.0. The van der Waals surface area contributed by atoms with Crippen molar-refractivity contribution in [3.63, 3.8) is 0 Å². The summed E-state index contributed by atoms with van der Waals surface area (Å²) < 4.78 is 0. The van der Waals surface area contributed by atoms with Crippen LogP contribution >= 0.6 is 0 Å². The summed E-state index contributed by atoms with van der Waals surface area (Å²) in [5.74, 6) is 0.294. The molecule has 1 N–H and O–H groups in total. The normalized spacial score (nSPS) is 14.3. The number of aliphatic hydroxyl groups is 1. The Balaban J connectivity index is 4.06. The van der Waals surface area contributed by atoms with E-state index in [0.29, 0.717) is 5.92 Å². The largest absolute Gasteiger partial charge is 0.388 e. The molecule has 0 aromatic carbocycles. The van der Waals surface area contributed by atoms with Gasteiger partial charge in [-0.2, -0.15) is 0 Å². The van der Waals surface area contributed by atoms with Gasteiger partial charge in [-0.05, 0) is 24.3 Å². The van der Waals surface area contributed by atoms with Crippen LogP contribution in [-0.2, 0) is 0 Å². The zero-order valence-corrected chi connectivity index (χ0v) is 10.5. The SMILES string of the molecule is C=C/C=C(/CCCCCC)C(O)C(C)C. The molecular weight excluding hydrogens is 184 g/mol. The molecule has 88 valence electrons. The van der Waals surface area contributed by atoms with E-state index in [1.807, 2.05) is 19.9 Å². The van der Waals surface area contributed by atoms with Crippen molar-refractivity contribution < 1.29 is 5.11 Å². The van der Waals surface area contributed by atoms with E-state index in [2.05, 4.69) is 13.5 Å². The van der Waals surface area contributed by atoms with Gasteiger partial charge in [0, 0.05) is 0 Å². The van der Waals surface area contributed by atoms with Crippen LogP contribution in [0.4, 0.5) is 0 Å². The second kappa shape index (κ2) is 8.72. The lowest BCUT2D eigenvalue weighted by Crippen LogP contribution is -2.17. The van der Waals surface area contributed by atoms with Crippen LogP contribution < -0.4 is 0 Å². The second-order valence-electron chi connectivity index (χ2n) is 4.48. The van der Waals surface area contributed by atoms with Crippen LogP contribution in [0.25, 0.3) is 0 Å². The molecule has 1 heteroatoms. The van der Waals surface area contributed by atoms with Crippen molar-refractivity contribution in [2.75, 3.05) is 0 Å². The van der Waals surface area contributed by atoms with Crippen molar-refractivity contribution in [2.45, 2.75) is 59.0 Å². The summed E-state index contributed by atoms with van der Waals surface area (Å²) in [6.07, 6.45) is 9.44. The maximum atomic E-state index is 9.96. The molecule has 0 aromatic heterocycles. The van der Waals surface area contributed by atoms with E-state index in [9.17, 15) is 5.11 Å². The molecule has 1 atom stereocenters. The van der Waals surface area contributed by atoms with Crippen LogP contribution in [-0.4, -0.2) is 11.2 Å². The Morgan fingerprint density at radius 1 is 1.27 bits per heavy atom. The Labute approximate surface area is 94.9 Å². The van der Waals surface area contributed by atoms with Crippen molar-refractivity contribution in [3.05, 3.63) is 24.3 Å². The molecule has 0 aliphatic carbocycles. The van der Waals surface area contributed by atoms with Crippen LogP contribution in [0, 0.1) is 5.92 Å². The van der Waals surface area contributed by atoms with E-state index >= 15 is 0 Å². The molecule has 0 aliphatic heterocycles. The standard InChI is InChI=1S/C14H26O/c1-5-7-8-9-11-13(10-6-2)14(15)12(3)4/h6,10,12,14-15H,2,5,7-9,11H2,1,3-4H3/b13-10-. The molecule has 0 aromatic rings. The molecule has 0 spiro atoms. The lowest BCUT2D eigenvalue weighted by atomic mass is 9.94. The number of hydrogen-bond acceptors (Lipinski definition) is 1. The second-order valence-corrected chi connectivity index (χ2v) is 4.48. The first-order valence-corrected chi connectivity index (χ1v) is 6.13. The summed E-state index contributed by atoms with van der Waals surface area (Å²) in [7, 11) is 0. The van der Waals surface area contributed by atoms with Gasteiger partial charge in [0.2, 0.25) is 0 Å². The van der Waals surface area contributed by atoms with Crippen molar-refractivity contribution in [1.82, 2.24) is 0 Å². The van der Waals surface area contributed by atoms with E-state index in [1.165, 1.54) is 25.7 Å². The predicted octanol–water partition coefficient (Wildman–Crippen LogP) is 4.09. The summed E-state index contributed by atoms with van der Waals surface area (Å²) in [5, 5.41) is 9.96. The molecule has 1 nitrogen and oxygen atoms in total. The molecule has 15 heavy (non-hydrogen) atoms. The zero-order valence-electron chi connectivity index (χ0n) is 10.5. The minimum Gasteiger partial charge on any atom is -0.388 e. The molecular formula is C14H26O. The summed E-state index contributed by atoms with van der Waals surface area (Å²) in [4.78, 5) is 0. The molecule has 0 heterocycles. The molecule has 0 bridgehead atoms. The first-order chi connectivity index (χ1) is 7.13. The minimum atomic E-state index is -0.301. The van der Waals surface area contributed by atoms with Crippen molar-refractivity contribution >= 4 is 0 Å². The Bertz CT molecular complexity index is 192. The Kier molecular flexibility index (Phi) is 8.40. The molecule has 0 saturated heterocycles. The lowest BCUT2D eigenvalue weighted by Gasteiger charge is -2.18. The third-order valence-corrected chi connectivity index (χ3v) is 2.66. The maximum absolute atomic E-state index is 9.96. The highest BCUT2D eigenvalue weighted by atomic mass is 16.3. The molecule has 1 unspecified atom stereocenters. The number of unbranched alkanes of at least 4 members (excludes halogenated alkanes) is 3. The lowest BCUT2D eigenvalue weighted by molar-refractivity contribution is 0.156. The minimum absolute atomic E-state index is 0.294. The number of aliphatic hydroxyl groups excluding tert-OH is 1. The molecule has 0 saturated carbocycles. The van der Waals surface area contributed by atoms with E-state index < -0.39 is 0 Å². The molecule has 0 aliphatic rings. The number of hydrogen-bond donors (Lipinski definition) is 1. The van der Waals surface area contributed by atoms with E-state index in [1.54, 1.807) is 6.08 Å². The van der Waals surface area contributed by atoms with Crippen LogP contribution in [0.2, 0.25) is 0 Å². The topological polar surface area (TPSA) is 20.2 Å². The van der Waals surface area contributed by atoms with Gasteiger partial charge < -0.3 is 5.11 Å². The maximum Gasteiger partial charge on any atom is 0.0776 e. The molecule has 0 rings (SSSR count). The molecule has 0 amide bonds. The van der Waals surface area contributed by atoms with E-state index in [4.69, 9.17) is 0 Å². The smallest absolute Gasteiger partial charge is 0.0776 e. The zero-order chi connectivity index (χ0) is 11.7. The first kappa shape index (κ1) is 14.4. The average molecular weight is 210 g/mol. The fraction of sp³-hybridized carbons (Fsp3) is 0.714. The monoisotopic (exact) mass is 210 g/mol. The third-order valence-electron chi connectivity index (χ3n) is 2.66. The van der Waals surface area contributed by atoms with Crippen LogP contribution in [0.5, 0.6) is 0 Å². The summed E-state index contributed by atoms with van der Waals surface area (Å²) in [5.41, 5.74) is 1.14. The number of rotatable bonds is 8. The van der Waals surface area contributed by atoms with Gasteiger partial charge in [-0.25, -0.2) is 0 Å². The van der Waals surface area contributed by atoms with Crippen molar-refractivity contribution in [3.8, 4) is 0 Å². The Morgan fingerprint density at radius 3 is 2.40 bits per heavy atom. The van der Waals surface area contributed by atoms with Gasteiger partial charge in [-0.15, -0.1) is 0 Å². The molecule has 0 fully saturated rings. The van der Waals surface area contributed by atoms with Gasteiger partial charge in [0.25, 0.3) is 0 Å². The van der Waals surface area contributed by atoms with E-state index in [0.717, 1.165) is 12.0 Å². The van der Waals surface area contributed by atoms with Crippen molar-refractivity contribution in [1.29, 1.82) is 0 Å². The van der Waals surface area contributed by atoms with Gasteiger partial charge >= 0.3 is 0 Å². The van der Waals surface area contributed by atoms with Gasteiger partial charge in [0.15, 0.2) is 0 Å². The number of allylic oxidation sites excluding steroid dienone is 2. The first-order valence-electron chi connectivity index (χ1n) is 6.13.